The van der Waals surface area contributed by atoms with Crippen molar-refractivity contribution in [1.29, 1.82) is 0 Å². The zero-order chi connectivity index (χ0) is 21.7. The Balaban J connectivity index is 1.68. The number of aryl methyl sites for hydroxylation is 1. The highest BCUT2D eigenvalue weighted by molar-refractivity contribution is 6.33. The predicted molar refractivity (Wildman–Crippen MR) is 116 cm³/mol. The molecule has 0 aliphatic carbocycles. The first-order valence-corrected chi connectivity index (χ1v) is 9.73. The van der Waals surface area contributed by atoms with Crippen molar-refractivity contribution in [2.45, 2.75) is 13.5 Å². The third-order valence-electron chi connectivity index (χ3n) is 4.54. The van der Waals surface area contributed by atoms with Crippen molar-refractivity contribution in [3.05, 3.63) is 76.6 Å². The lowest BCUT2D eigenvalue weighted by Crippen LogP contribution is -2.35. The van der Waals surface area contributed by atoms with Crippen molar-refractivity contribution < 1.29 is 14.3 Å². The zero-order valence-corrected chi connectivity index (χ0v) is 17.8. The van der Waals surface area contributed by atoms with Crippen LogP contribution in [0.3, 0.4) is 0 Å². The van der Waals surface area contributed by atoms with Crippen LogP contribution in [-0.4, -0.2) is 47.2 Å². The lowest BCUT2D eigenvalue weighted by molar-refractivity contribution is -0.116. The maximum atomic E-state index is 12.9. The molecule has 3 rings (SSSR count). The third-order valence-corrected chi connectivity index (χ3v) is 4.92. The molecule has 3 aromatic rings. The van der Waals surface area contributed by atoms with Gasteiger partial charge in [0.25, 0.3) is 5.91 Å². The molecule has 1 heterocycles. The molecular formula is C22H23ClN4O3. The van der Waals surface area contributed by atoms with Crippen LogP contribution in [-0.2, 0) is 11.3 Å². The monoisotopic (exact) mass is 426 g/mol. The number of amides is 2. The fourth-order valence-corrected chi connectivity index (χ4v) is 3.35. The molecule has 2 amide bonds. The summed E-state index contributed by atoms with van der Waals surface area (Å²) in [6.07, 6.45) is 0. The molecule has 0 bridgehead atoms. The van der Waals surface area contributed by atoms with Gasteiger partial charge in [-0.25, -0.2) is 4.68 Å². The first kappa shape index (κ1) is 21.4. The number of ether oxygens (including phenoxy) is 1. The van der Waals surface area contributed by atoms with Gasteiger partial charge < -0.3 is 15.0 Å². The molecule has 0 unspecified atom stereocenters. The number of hydrogen-bond donors (Lipinski definition) is 1. The Hall–Kier alpha value is -3.32. The number of benzene rings is 2. The minimum atomic E-state index is -0.363. The van der Waals surface area contributed by atoms with Crippen LogP contribution in [0.4, 0.5) is 5.69 Å². The number of nitrogens with one attached hydrogen (secondary N) is 1. The largest absolute Gasteiger partial charge is 0.497 e. The van der Waals surface area contributed by atoms with Crippen LogP contribution < -0.4 is 10.1 Å². The van der Waals surface area contributed by atoms with Gasteiger partial charge in [0, 0.05) is 18.8 Å². The van der Waals surface area contributed by atoms with Gasteiger partial charge in [-0.3, -0.25) is 9.59 Å². The number of methoxy groups -OCH3 is 1. The average molecular weight is 427 g/mol. The fourth-order valence-electron chi connectivity index (χ4n) is 3.04. The Morgan fingerprint density at radius 3 is 2.60 bits per heavy atom. The molecule has 156 valence electrons. The van der Waals surface area contributed by atoms with Crippen molar-refractivity contribution in [3.8, 4) is 5.75 Å². The Morgan fingerprint density at radius 1 is 1.17 bits per heavy atom. The molecule has 1 aromatic heterocycles. The van der Waals surface area contributed by atoms with Crippen LogP contribution in [0.1, 0.15) is 21.6 Å². The van der Waals surface area contributed by atoms with Gasteiger partial charge in [-0.1, -0.05) is 48.0 Å². The summed E-state index contributed by atoms with van der Waals surface area (Å²) >= 11 is 6.46. The summed E-state index contributed by atoms with van der Waals surface area (Å²) in [5.74, 6) is -0.0624. The number of anilines is 1. The number of aromatic nitrogens is 2. The van der Waals surface area contributed by atoms with Crippen LogP contribution in [0, 0.1) is 6.92 Å². The summed E-state index contributed by atoms with van der Waals surface area (Å²) in [5.41, 5.74) is 2.42. The van der Waals surface area contributed by atoms with Crippen molar-refractivity contribution >= 4 is 29.1 Å². The third kappa shape index (κ3) is 4.99. The zero-order valence-electron chi connectivity index (χ0n) is 17.1. The second-order valence-corrected chi connectivity index (χ2v) is 7.19. The Labute approximate surface area is 180 Å². The van der Waals surface area contributed by atoms with E-state index in [1.807, 2.05) is 30.3 Å². The van der Waals surface area contributed by atoms with E-state index in [9.17, 15) is 9.59 Å². The van der Waals surface area contributed by atoms with E-state index >= 15 is 0 Å². The Morgan fingerprint density at radius 2 is 1.90 bits per heavy atom. The molecule has 0 aliphatic rings. The van der Waals surface area contributed by atoms with E-state index in [0.717, 1.165) is 5.56 Å². The van der Waals surface area contributed by atoms with Crippen molar-refractivity contribution in [2.24, 2.45) is 0 Å². The maximum absolute atomic E-state index is 12.9. The van der Waals surface area contributed by atoms with Gasteiger partial charge >= 0.3 is 0 Å². The Bertz CT molecular complexity index is 1050. The quantitative estimate of drug-likeness (QED) is 0.626. The summed E-state index contributed by atoms with van der Waals surface area (Å²) in [5, 5.41) is 7.40. The van der Waals surface area contributed by atoms with Crippen LogP contribution >= 0.6 is 11.6 Å². The first-order valence-electron chi connectivity index (χ1n) is 9.35. The molecule has 8 heteroatoms. The summed E-state index contributed by atoms with van der Waals surface area (Å²) in [7, 11) is 3.11. The molecule has 30 heavy (non-hydrogen) atoms. The van der Waals surface area contributed by atoms with Crippen molar-refractivity contribution in [2.75, 3.05) is 26.0 Å². The normalized spacial score (nSPS) is 10.5. The molecule has 0 spiro atoms. The second-order valence-electron chi connectivity index (χ2n) is 6.84. The minimum absolute atomic E-state index is 0.129. The van der Waals surface area contributed by atoms with Crippen LogP contribution in [0.5, 0.6) is 5.75 Å². The molecule has 0 saturated heterocycles. The number of halogens is 1. The minimum Gasteiger partial charge on any atom is -0.497 e. The first-order chi connectivity index (χ1) is 14.4. The van der Waals surface area contributed by atoms with Crippen LogP contribution in [0.25, 0.3) is 0 Å². The molecular weight excluding hydrogens is 404 g/mol. The number of rotatable bonds is 7. The molecule has 0 saturated carbocycles. The number of likely N-dealkylation sites (N-methyl/N-ethyl adjacent to an activating group) is 1. The smallest absolute Gasteiger partial charge is 0.259 e. The van der Waals surface area contributed by atoms with Gasteiger partial charge in [0.15, 0.2) is 0 Å². The topological polar surface area (TPSA) is 76.5 Å². The van der Waals surface area contributed by atoms with E-state index in [-0.39, 0.29) is 23.5 Å². The average Bonchev–Trinajstić information content (AvgIpc) is 3.01. The predicted octanol–water partition coefficient (Wildman–Crippen LogP) is 3.61. The van der Waals surface area contributed by atoms with Crippen molar-refractivity contribution in [1.82, 2.24) is 14.7 Å². The number of carbonyl (C=O) groups is 2. The van der Waals surface area contributed by atoms with E-state index < -0.39 is 0 Å². The van der Waals surface area contributed by atoms with Gasteiger partial charge in [0.2, 0.25) is 5.91 Å². The fraction of sp³-hybridized carbons (Fsp3) is 0.227. The highest BCUT2D eigenvalue weighted by Gasteiger charge is 2.24. The molecule has 7 nitrogen and oxygen atoms in total. The molecule has 2 aromatic carbocycles. The number of carbonyl (C=O) groups excluding carboxylic acids is 2. The lowest BCUT2D eigenvalue weighted by Gasteiger charge is -2.17. The molecule has 0 radical (unpaired) electrons. The SMILES string of the molecule is COc1cccc(NC(=O)CN(C)C(=O)c2c(C)nn(Cc3ccccc3)c2Cl)c1. The van der Waals surface area contributed by atoms with E-state index in [1.165, 1.54) is 4.90 Å². The van der Waals surface area contributed by atoms with E-state index in [1.54, 1.807) is 50.0 Å². The van der Waals surface area contributed by atoms with Crippen LogP contribution in [0.15, 0.2) is 54.6 Å². The Kier molecular flexibility index (Phi) is 6.74. The summed E-state index contributed by atoms with van der Waals surface area (Å²) in [4.78, 5) is 26.6. The standard InChI is InChI=1S/C22H23ClN4O3/c1-15-20(21(23)27(25-15)13-16-8-5-4-6-9-16)22(29)26(2)14-19(28)24-17-10-7-11-18(12-17)30-3/h4-12H,13-14H2,1-3H3,(H,24,28). The summed E-state index contributed by atoms with van der Waals surface area (Å²) in [6.45, 7) is 2.05. The summed E-state index contributed by atoms with van der Waals surface area (Å²) < 4.78 is 6.73. The van der Waals surface area contributed by atoms with Gasteiger partial charge in [-0.2, -0.15) is 5.10 Å². The van der Waals surface area contributed by atoms with Gasteiger partial charge in [-0.05, 0) is 24.6 Å². The van der Waals surface area contributed by atoms with E-state index in [4.69, 9.17) is 16.3 Å². The van der Waals surface area contributed by atoms with E-state index in [2.05, 4.69) is 10.4 Å². The number of nitrogens with zero attached hydrogens (tertiary/aromatic N) is 3. The molecule has 0 aliphatic heterocycles. The van der Waals surface area contributed by atoms with Crippen LogP contribution in [0.2, 0.25) is 5.15 Å². The van der Waals surface area contributed by atoms with E-state index in [0.29, 0.717) is 29.2 Å². The second kappa shape index (κ2) is 9.45. The summed E-state index contributed by atoms with van der Waals surface area (Å²) in [6, 6.07) is 16.7. The lowest BCUT2D eigenvalue weighted by atomic mass is 10.2. The number of hydrogen-bond acceptors (Lipinski definition) is 4. The highest BCUT2D eigenvalue weighted by atomic mass is 35.5. The maximum Gasteiger partial charge on any atom is 0.259 e. The molecule has 0 fully saturated rings. The highest BCUT2D eigenvalue weighted by Crippen LogP contribution is 2.22. The molecule has 0 atom stereocenters. The van der Waals surface area contributed by atoms with Crippen molar-refractivity contribution in [3.63, 3.8) is 0 Å². The molecule has 1 N–H and O–H groups in total. The van der Waals surface area contributed by atoms with Gasteiger partial charge in [-0.15, -0.1) is 0 Å². The van der Waals surface area contributed by atoms with Gasteiger partial charge in [0.1, 0.15) is 10.9 Å². The van der Waals surface area contributed by atoms with Gasteiger partial charge in [0.05, 0.1) is 31.5 Å².